The summed E-state index contributed by atoms with van der Waals surface area (Å²) in [5, 5.41) is 5.99. The number of rotatable bonds is 5. The fourth-order valence-corrected chi connectivity index (χ4v) is 2.38. The SMILES string of the molecule is CCON=C(c1nsc(NP(=O)(O)O)n1)C(C)(C)C. The second kappa shape index (κ2) is 5.96. The van der Waals surface area contributed by atoms with Gasteiger partial charge in [-0.05, 0) is 6.92 Å². The minimum atomic E-state index is -4.38. The van der Waals surface area contributed by atoms with Crippen LogP contribution < -0.4 is 5.09 Å². The van der Waals surface area contributed by atoms with Gasteiger partial charge in [-0.1, -0.05) is 25.9 Å². The molecule has 0 bridgehead atoms. The van der Waals surface area contributed by atoms with E-state index in [1.807, 2.05) is 25.9 Å². The van der Waals surface area contributed by atoms with Crippen LogP contribution in [-0.4, -0.2) is 31.5 Å². The average molecular weight is 308 g/mol. The minimum absolute atomic E-state index is 0.0387. The number of hydrogen-bond donors (Lipinski definition) is 3. The van der Waals surface area contributed by atoms with Gasteiger partial charge in [0.1, 0.15) is 12.3 Å². The molecule has 1 aromatic rings. The Morgan fingerprint density at radius 2 is 2.16 bits per heavy atom. The van der Waals surface area contributed by atoms with Gasteiger partial charge in [0.25, 0.3) is 0 Å². The predicted octanol–water partition coefficient (Wildman–Crippen LogP) is 1.83. The molecule has 0 saturated heterocycles. The first-order chi connectivity index (χ1) is 8.63. The van der Waals surface area contributed by atoms with Crippen molar-refractivity contribution in [3.05, 3.63) is 5.82 Å². The zero-order valence-electron chi connectivity index (χ0n) is 11.1. The van der Waals surface area contributed by atoms with Gasteiger partial charge in [-0.25, -0.2) is 4.57 Å². The second-order valence-corrected chi connectivity index (χ2v) is 6.75. The molecule has 8 nitrogen and oxygen atoms in total. The highest BCUT2D eigenvalue weighted by molar-refractivity contribution is 7.54. The van der Waals surface area contributed by atoms with E-state index in [1.54, 1.807) is 6.92 Å². The molecule has 0 amide bonds. The van der Waals surface area contributed by atoms with E-state index in [0.717, 1.165) is 11.5 Å². The largest absolute Gasteiger partial charge is 0.429 e. The van der Waals surface area contributed by atoms with E-state index in [2.05, 4.69) is 14.5 Å². The van der Waals surface area contributed by atoms with Gasteiger partial charge in [0.2, 0.25) is 5.13 Å². The molecular weight excluding hydrogens is 291 g/mol. The number of nitrogens with zero attached hydrogens (tertiary/aromatic N) is 3. The van der Waals surface area contributed by atoms with Crippen molar-refractivity contribution in [2.45, 2.75) is 27.7 Å². The Balaban J connectivity index is 3.02. The zero-order chi connectivity index (χ0) is 14.7. The number of oxime groups is 1. The number of aromatic nitrogens is 2. The molecule has 10 heteroatoms. The van der Waals surface area contributed by atoms with Crippen molar-refractivity contribution in [1.82, 2.24) is 9.36 Å². The van der Waals surface area contributed by atoms with Crippen LogP contribution in [-0.2, 0) is 9.40 Å². The molecule has 108 valence electrons. The van der Waals surface area contributed by atoms with Crippen molar-refractivity contribution in [3.63, 3.8) is 0 Å². The lowest BCUT2D eigenvalue weighted by Crippen LogP contribution is -2.23. The van der Waals surface area contributed by atoms with E-state index >= 15 is 0 Å². The molecule has 1 heterocycles. The molecule has 1 rings (SSSR count). The maximum atomic E-state index is 10.8. The maximum absolute atomic E-state index is 10.8. The Kier molecular flexibility index (Phi) is 5.03. The maximum Gasteiger partial charge on any atom is 0.429 e. The van der Waals surface area contributed by atoms with Crippen molar-refractivity contribution in [1.29, 1.82) is 0 Å². The van der Waals surface area contributed by atoms with Crippen LogP contribution in [0.3, 0.4) is 0 Å². The first kappa shape index (κ1) is 16.0. The molecule has 0 aliphatic carbocycles. The van der Waals surface area contributed by atoms with Gasteiger partial charge in [-0.15, -0.1) is 0 Å². The smallest absolute Gasteiger partial charge is 0.396 e. The predicted molar refractivity (Wildman–Crippen MR) is 73.2 cm³/mol. The molecule has 0 radical (unpaired) electrons. The summed E-state index contributed by atoms with van der Waals surface area (Å²) in [6.07, 6.45) is 0. The quantitative estimate of drug-likeness (QED) is 0.431. The lowest BCUT2D eigenvalue weighted by Gasteiger charge is -2.18. The summed E-state index contributed by atoms with van der Waals surface area (Å²) in [5.74, 6) is 0.293. The Hall–Kier alpha value is -1.02. The fourth-order valence-electron chi connectivity index (χ4n) is 1.13. The van der Waals surface area contributed by atoms with Gasteiger partial charge in [0.15, 0.2) is 5.82 Å². The van der Waals surface area contributed by atoms with Crippen molar-refractivity contribution < 1.29 is 19.2 Å². The Bertz CT molecular complexity index is 505. The Morgan fingerprint density at radius 3 is 2.63 bits per heavy atom. The first-order valence-corrected chi connectivity index (χ1v) is 7.90. The standard InChI is InChI=1S/C9H17N4O4PS/c1-5-17-11-6(9(2,3)4)7-10-8(19-13-7)12-18(14,15)16/h5H2,1-4H3,(H3,10,12,13,14,15,16). The second-order valence-electron chi connectivity index (χ2n) is 4.69. The molecule has 0 atom stereocenters. The van der Waals surface area contributed by atoms with Crippen molar-refractivity contribution in [3.8, 4) is 0 Å². The molecule has 0 fully saturated rings. The van der Waals surface area contributed by atoms with Crippen LogP contribution in [0.25, 0.3) is 0 Å². The number of nitrogens with one attached hydrogen (secondary N) is 1. The molecule has 0 aromatic carbocycles. The molecule has 3 N–H and O–H groups in total. The van der Waals surface area contributed by atoms with Crippen LogP contribution in [0, 0.1) is 5.41 Å². The Morgan fingerprint density at radius 1 is 1.53 bits per heavy atom. The molecular formula is C9H17N4O4PS. The summed E-state index contributed by atoms with van der Waals surface area (Å²) in [4.78, 5) is 26.6. The summed E-state index contributed by atoms with van der Waals surface area (Å²) in [6, 6.07) is 0. The highest BCUT2D eigenvalue weighted by atomic mass is 32.1. The first-order valence-electron chi connectivity index (χ1n) is 5.52. The van der Waals surface area contributed by atoms with Crippen molar-refractivity contribution >= 4 is 30.1 Å². The van der Waals surface area contributed by atoms with E-state index < -0.39 is 7.75 Å². The molecule has 0 unspecified atom stereocenters. The van der Waals surface area contributed by atoms with E-state index in [9.17, 15) is 4.57 Å². The average Bonchev–Trinajstić information content (AvgIpc) is 2.62. The molecule has 19 heavy (non-hydrogen) atoms. The summed E-state index contributed by atoms with van der Waals surface area (Å²) >= 11 is 0.853. The van der Waals surface area contributed by atoms with E-state index in [0.29, 0.717) is 18.1 Å². The fraction of sp³-hybridized carbons (Fsp3) is 0.667. The number of hydrogen-bond acceptors (Lipinski definition) is 6. The highest BCUT2D eigenvalue weighted by Gasteiger charge is 2.26. The summed E-state index contributed by atoms with van der Waals surface area (Å²) < 4.78 is 14.8. The van der Waals surface area contributed by atoms with Gasteiger partial charge in [-0.3, -0.25) is 5.09 Å². The van der Waals surface area contributed by atoms with Gasteiger partial charge >= 0.3 is 7.75 Å². The third-order valence-corrected chi connectivity index (χ3v) is 3.16. The van der Waals surface area contributed by atoms with Gasteiger partial charge in [0.05, 0.1) is 0 Å². The zero-order valence-corrected chi connectivity index (χ0v) is 12.8. The van der Waals surface area contributed by atoms with Crippen molar-refractivity contribution in [2.24, 2.45) is 10.6 Å². The van der Waals surface area contributed by atoms with Gasteiger partial charge in [0, 0.05) is 16.9 Å². The van der Waals surface area contributed by atoms with E-state index in [-0.39, 0.29) is 10.5 Å². The third kappa shape index (κ3) is 5.23. The molecule has 0 spiro atoms. The molecule has 0 aliphatic rings. The van der Waals surface area contributed by atoms with Crippen molar-refractivity contribution in [2.75, 3.05) is 11.7 Å². The summed E-state index contributed by atoms with van der Waals surface area (Å²) in [5.41, 5.74) is 0.166. The van der Waals surface area contributed by atoms with Crippen LogP contribution >= 0.6 is 19.3 Å². The lowest BCUT2D eigenvalue weighted by molar-refractivity contribution is 0.156. The molecule has 0 saturated carbocycles. The molecule has 1 aromatic heterocycles. The summed E-state index contributed by atoms with van der Waals surface area (Å²) in [7, 11) is -4.38. The highest BCUT2D eigenvalue weighted by Crippen LogP contribution is 2.36. The van der Waals surface area contributed by atoms with Crippen LogP contribution in [0.15, 0.2) is 5.16 Å². The Labute approximate surface area is 115 Å². The topological polar surface area (TPSA) is 117 Å². The van der Waals surface area contributed by atoms with Crippen LogP contribution in [0.4, 0.5) is 5.13 Å². The van der Waals surface area contributed by atoms with Gasteiger partial charge in [-0.2, -0.15) is 9.36 Å². The van der Waals surface area contributed by atoms with Crippen LogP contribution in [0.1, 0.15) is 33.5 Å². The third-order valence-electron chi connectivity index (χ3n) is 1.87. The minimum Gasteiger partial charge on any atom is -0.396 e. The lowest BCUT2D eigenvalue weighted by atomic mass is 9.90. The van der Waals surface area contributed by atoms with Crippen LogP contribution in [0.5, 0.6) is 0 Å². The monoisotopic (exact) mass is 308 g/mol. The molecule has 0 aliphatic heterocycles. The van der Waals surface area contributed by atoms with E-state index in [4.69, 9.17) is 14.6 Å². The summed E-state index contributed by atoms with van der Waals surface area (Å²) in [6.45, 7) is 7.97. The van der Waals surface area contributed by atoms with Crippen LogP contribution in [0.2, 0.25) is 0 Å². The number of anilines is 1. The van der Waals surface area contributed by atoms with Gasteiger partial charge < -0.3 is 14.6 Å². The normalized spacial score (nSPS) is 13.5. The van der Waals surface area contributed by atoms with E-state index in [1.165, 1.54) is 0 Å².